The van der Waals surface area contributed by atoms with Crippen LogP contribution in [-0.4, -0.2) is 72.1 Å². The molecule has 31 heavy (non-hydrogen) atoms. The van der Waals surface area contributed by atoms with Crippen LogP contribution in [0.1, 0.15) is 80.1 Å². The van der Waals surface area contributed by atoms with Gasteiger partial charge in [0.15, 0.2) is 5.69 Å². The van der Waals surface area contributed by atoms with Crippen LogP contribution in [-0.2, 0) is 16.1 Å². The quantitative estimate of drug-likeness (QED) is 0.767. The van der Waals surface area contributed by atoms with Gasteiger partial charge < -0.3 is 19.5 Å². The molecule has 2 heterocycles. The van der Waals surface area contributed by atoms with E-state index in [4.69, 9.17) is 9.26 Å². The zero-order valence-electron chi connectivity index (χ0n) is 19.4. The van der Waals surface area contributed by atoms with Gasteiger partial charge in [0.2, 0.25) is 5.91 Å². The summed E-state index contributed by atoms with van der Waals surface area (Å²) in [6.45, 7) is 7.69. The molecule has 1 aromatic heterocycles. The minimum atomic E-state index is -0.160. The Kier molecular flexibility index (Phi) is 8.49. The Morgan fingerprint density at radius 2 is 1.97 bits per heavy atom. The van der Waals surface area contributed by atoms with Crippen molar-refractivity contribution in [3.05, 3.63) is 17.0 Å². The van der Waals surface area contributed by atoms with Crippen molar-refractivity contribution in [3.8, 4) is 0 Å². The van der Waals surface area contributed by atoms with Gasteiger partial charge in [0, 0.05) is 45.2 Å². The Bertz CT molecular complexity index is 742. The summed E-state index contributed by atoms with van der Waals surface area (Å²) in [5.74, 6) is 0.534. The molecule has 3 rings (SSSR count). The summed E-state index contributed by atoms with van der Waals surface area (Å²) in [5, 5.41) is 7.08. The first-order valence-corrected chi connectivity index (χ1v) is 11.8. The fourth-order valence-electron chi connectivity index (χ4n) is 5.15. The Balaban J connectivity index is 1.78. The lowest BCUT2D eigenvalue weighted by molar-refractivity contribution is -0.125. The smallest absolute Gasteiger partial charge is 0.276 e. The van der Waals surface area contributed by atoms with E-state index in [1.54, 1.807) is 18.9 Å². The molecular formula is C23H38N4O4. The van der Waals surface area contributed by atoms with Crippen molar-refractivity contribution in [3.63, 3.8) is 0 Å². The molecule has 2 aliphatic rings. The molecule has 1 aliphatic carbocycles. The van der Waals surface area contributed by atoms with Gasteiger partial charge in [0.25, 0.3) is 5.91 Å². The van der Waals surface area contributed by atoms with Crippen LogP contribution in [0.5, 0.6) is 0 Å². The van der Waals surface area contributed by atoms with Crippen molar-refractivity contribution in [2.45, 2.75) is 77.4 Å². The Morgan fingerprint density at radius 1 is 1.19 bits per heavy atom. The van der Waals surface area contributed by atoms with E-state index in [1.165, 1.54) is 19.3 Å². The number of amides is 2. The van der Waals surface area contributed by atoms with Crippen molar-refractivity contribution in [1.29, 1.82) is 0 Å². The molecule has 1 N–H and O–H groups in total. The van der Waals surface area contributed by atoms with Crippen LogP contribution in [0.3, 0.4) is 0 Å². The van der Waals surface area contributed by atoms with Gasteiger partial charge in [0.05, 0.1) is 12.2 Å². The standard InChI is InChI=1S/C23H38N4O4/c1-4-12-27-14-8-13-26(22(29)21-19(17-30-3)18(2)31-25-21)15-11-24-20(28)16-23(27)9-6-5-7-10-23/h4-17H2,1-3H3,(H,24,28). The Morgan fingerprint density at radius 3 is 2.68 bits per heavy atom. The number of carbonyl (C=O) groups is 2. The molecule has 1 saturated heterocycles. The third-order valence-electron chi connectivity index (χ3n) is 6.76. The first-order valence-electron chi connectivity index (χ1n) is 11.8. The van der Waals surface area contributed by atoms with Crippen molar-refractivity contribution in [2.75, 3.05) is 39.8 Å². The zero-order chi connectivity index (χ0) is 22.3. The highest BCUT2D eigenvalue weighted by molar-refractivity contribution is 5.93. The number of nitrogens with one attached hydrogen (secondary N) is 1. The Labute approximate surface area is 185 Å². The number of nitrogens with zero attached hydrogens (tertiary/aromatic N) is 3. The second kappa shape index (κ2) is 11.1. The van der Waals surface area contributed by atoms with Crippen molar-refractivity contribution in [2.24, 2.45) is 0 Å². The molecule has 1 saturated carbocycles. The van der Waals surface area contributed by atoms with E-state index in [0.717, 1.165) is 38.8 Å². The van der Waals surface area contributed by atoms with Gasteiger partial charge in [-0.2, -0.15) is 0 Å². The first kappa shape index (κ1) is 23.7. The average Bonchev–Trinajstić information content (AvgIpc) is 3.11. The molecule has 1 spiro atoms. The molecule has 1 aromatic rings. The predicted octanol–water partition coefficient (Wildman–Crippen LogP) is 2.90. The fourth-order valence-corrected chi connectivity index (χ4v) is 5.15. The van der Waals surface area contributed by atoms with Crippen LogP contribution < -0.4 is 5.32 Å². The monoisotopic (exact) mass is 434 g/mol. The molecule has 0 radical (unpaired) electrons. The van der Waals surface area contributed by atoms with Crippen LogP contribution in [0, 0.1) is 6.92 Å². The van der Waals surface area contributed by atoms with Gasteiger partial charge in [-0.25, -0.2) is 0 Å². The van der Waals surface area contributed by atoms with Crippen LogP contribution >= 0.6 is 0 Å². The normalized spacial score (nSPS) is 21.0. The molecule has 1 aliphatic heterocycles. The Hall–Kier alpha value is -1.93. The van der Waals surface area contributed by atoms with Gasteiger partial charge in [-0.1, -0.05) is 31.3 Å². The van der Waals surface area contributed by atoms with Crippen molar-refractivity contribution >= 4 is 11.8 Å². The zero-order valence-corrected chi connectivity index (χ0v) is 19.4. The van der Waals surface area contributed by atoms with Gasteiger partial charge in [-0.15, -0.1) is 0 Å². The summed E-state index contributed by atoms with van der Waals surface area (Å²) in [6, 6.07) is 0. The van der Waals surface area contributed by atoms with Crippen LogP contribution in [0.4, 0.5) is 0 Å². The first-order chi connectivity index (χ1) is 15.0. The number of methoxy groups -OCH3 is 1. The summed E-state index contributed by atoms with van der Waals surface area (Å²) in [6.07, 6.45) is 8.29. The van der Waals surface area contributed by atoms with E-state index in [9.17, 15) is 9.59 Å². The molecular weight excluding hydrogens is 396 g/mol. The summed E-state index contributed by atoms with van der Waals surface area (Å²) >= 11 is 0. The largest absolute Gasteiger partial charge is 0.380 e. The lowest BCUT2D eigenvalue weighted by atomic mass is 9.77. The van der Waals surface area contributed by atoms with Gasteiger partial charge in [0.1, 0.15) is 5.76 Å². The topological polar surface area (TPSA) is 87.9 Å². The predicted molar refractivity (Wildman–Crippen MR) is 118 cm³/mol. The van der Waals surface area contributed by atoms with Crippen molar-refractivity contribution < 1.29 is 18.8 Å². The number of rotatable bonds is 5. The number of hydrogen-bond donors (Lipinski definition) is 1. The van der Waals surface area contributed by atoms with Gasteiger partial charge >= 0.3 is 0 Å². The fraction of sp³-hybridized carbons (Fsp3) is 0.783. The maximum absolute atomic E-state index is 13.3. The van der Waals surface area contributed by atoms with Crippen LogP contribution in [0.25, 0.3) is 0 Å². The number of hydrogen-bond acceptors (Lipinski definition) is 6. The molecule has 2 amide bonds. The molecule has 174 valence electrons. The van der Waals surface area contributed by atoms with E-state index in [2.05, 4.69) is 22.3 Å². The number of carbonyl (C=O) groups excluding carboxylic acids is 2. The van der Waals surface area contributed by atoms with Crippen LogP contribution in [0.2, 0.25) is 0 Å². The van der Waals surface area contributed by atoms with Crippen LogP contribution in [0.15, 0.2) is 4.52 Å². The number of aromatic nitrogens is 1. The highest BCUT2D eigenvalue weighted by atomic mass is 16.5. The molecule has 0 aromatic carbocycles. The average molecular weight is 435 g/mol. The highest BCUT2D eigenvalue weighted by Gasteiger charge is 2.39. The van der Waals surface area contributed by atoms with Crippen molar-refractivity contribution in [1.82, 2.24) is 20.3 Å². The summed E-state index contributed by atoms with van der Waals surface area (Å²) in [5.41, 5.74) is 0.973. The lowest BCUT2D eigenvalue weighted by Crippen LogP contribution is -2.53. The van der Waals surface area contributed by atoms with Gasteiger partial charge in [-0.3, -0.25) is 14.5 Å². The third kappa shape index (κ3) is 5.66. The summed E-state index contributed by atoms with van der Waals surface area (Å²) in [4.78, 5) is 30.4. The molecule has 8 nitrogen and oxygen atoms in total. The van der Waals surface area contributed by atoms with E-state index in [1.807, 2.05) is 0 Å². The second-order valence-corrected chi connectivity index (χ2v) is 8.94. The second-order valence-electron chi connectivity index (χ2n) is 8.94. The van der Waals surface area contributed by atoms with E-state index in [-0.39, 0.29) is 24.0 Å². The third-order valence-corrected chi connectivity index (χ3v) is 6.76. The minimum Gasteiger partial charge on any atom is -0.380 e. The summed E-state index contributed by atoms with van der Waals surface area (Å²) < 4.78 is 10.5. The number of aryl methyl sites for hydroxylation is 1. The lowest BCUT2D eigenvalue weighted by Gasteiger charge is -2.46. The molecule has 0 unspecified atom stereocenters. The van der Waals surface area contributed by atoms with E-state index < -0.39 is 0 Å². The SMILES string of the molecule is CCCN1CCCN(C(=O)c2noc(C)c2COC)CCNC(=O)CC12CCCCC2. The van der Waals surface area contributed by atoms with E-state index >= 15 is 0 Å². The minimum absolute atomic E-state index is 0.0353. The van der Waals surface area contributed by atoms with E-state index in [0.29, 0.717) is 43.1 Å². The van der Waals surface area contributed by atoms with Gasteiger partial charge in [-0.05, 0) is 39.2 Å². The number of ether oxygens (including phenoxy) is 1. The highest BCUT2D eigenvalue weighted by Crippen LogP contribution is 2.37. The molecule has 2 fully saturated rings. The maximum Gasteiger partial charge on any atom is 0.276 e. The molecule has 0 atom stereocenters. The molecule has 8 heteroatoms. The summed E-state index contributed by atoms with van der Waals surface area (Å²) in [7, 11) is 1.59. The molecule has 0 bridgehead atoms. The maximum atomic E-state index is 13.3.